The van der Waals surface area contributed by atoms with Crippen molar-refractivity contribution in [1.82, 2.24) is 29.3 Å². The molecule has 2 aliphatic heterocycles. The summed E-state index contributed by atoms with van der Waals surface area (Å²) in [5, 5.41) is 9.87. The molecular weight excluding hydrogens is 602 g/mol. The predicted molar refractivity (Wildman–Crippen MR) is 184 cm³/mol. The number of anilines is 1. The summed E-state index contributed by atoms with van der Waals surface area (Å²) in [5.41, 5.74) is 13.1. The number of hydrogen-bond acceptors (Lipinski definition) is 8. The molecule has 2 aliphatic rings. The summed E-state index contributed by atoms with van der Waals surface area (Å²) in [6, 6.07) is 31.3. The van der Waals surface area contributed by atoms with Crippen molar-refractivity contribution < 1.29 is 14.7 Å². The summed E-state index contributed by atoms with van der Waals surface area (Å²) in [4.78, 5) is 43.4. The molecule has 48 heavy (non-hydrogen) atoms. The van der Waals surface area contributed by atoms with Gasteiger partial charge in [0, 0.05) is 54.7 Å². The number of carbonyl (C=O) groups is 2. The first kappa shape index (κ1) is 29.5. The summed E-state index contributed by atoms with van der Waals surface area (Å²) < 4.78 is 2.05. The lowest BCUT2D eigenvalue weighted by Gasteiger charge is -2.41. The fourth-order valence-electron chi connectivity index (χ4n) is 7.10. The highest BCUT2D eigenvalue weighted by Gasteiger charge is 2.41. The highest BCUT2D eigenvalue weighted by atomic mass is 16.3. The van der Waals surface area contributed by atoms with E-state index < -0.39 is 0 Å². The minimum Gasteiger partial charge on any atom is -0.507 e. The van der Waals surface area contributed by atoms with Crippen molar-refractivity contribution in [2.24, 2.45) is 0 Å². The number of nitrogen functional groups attached to an aromatic ring is 1. The SMILES string of the molecule is Nc1ncccc1-c1nc2ccc(-c3ccccc3)nc2n1-c1ccc(CN2C3CCC2CN(C(=O)c2ccc(O)c(C=O)c2)C3)cc1. The lowest BCUT2D eigenvalue weighted by molar-refractivity contribution is 0.0423. The van der Waals surface area contributed by atoms with Crippen LogP contribution in [0.15, 0.2) is 103 Å². The van der Waals surface area contributed by atoms with Crippen molar-refractivity contribution in [3.63, 3.8) is 0 Å². The molecule has 2 bridgehead atoms. The number of rotatable bonds is 7. The van der Waals surface area contributed by atoms with Crippen LogP contribution in [0.2, 0.25) is 0 Å². The van der Waals surface area contributed by atoms with E-state index in [-0.39, 0.29) is 29.3 Å². The summed E-state index contributed by atoms with van der Waals surface area (Å²) in [6.07, 6.45) is 4.29. The van der Waals surface area contributed by atoms with Crippen LogP contribution in [-0.4, -0.2) is 71.8 Å². The van der Waals surface area contributed by atoms with Gasteiger partial charge in [0.25, 0.3) is 5.91 Å². The second-order valence-electron chi connectivity index (χ2n) is 12.4. The van der Waals surface area contributed by atoms with Crippen molar-refractivity contribution in [1.29, 1.82) is 0 Å². The maximum absolute atomic E-state index is 13.3. The van der Waals surface area contributed by atoms with E-state index in [2.05, 4.69) is 34.1 Å². The quantitative estimate of drug-likeness (QED) is 0.213. The van der Waals surface area contributed by atoms with Crippen LogP contribution in [0.25, 0.3) is 39.5 Å². The number of amides is 1. The zero-order valence-corrected chi connectivity index (χ0v) is 26.1. The minimum atomic E-state index is -0.121. The van der Waals surface area contributed by atoms with Crippen LogP contribution in [0.4, 0.5) is 5.82 Å². The van der Waals surface area contributed by atoms with E-state index in [9.17, 15) is 14.7 Å². The topological polar surface area (TPSA) is 130 Å². The molecule has 1 amide bonds. The fourth-order valence-corrected chi connectivity index (χ4v) is 7.10. The van der Waals surface area contributed by atoms with Gasteiger partial charge >= 0.3 is 0 Å². The van der Waals surface area contributed by atoms with Crippen LogP contribution in [0.1, 0.15) is 39.1 Å². The molecule has 2 atom stereocenters. The summed E-state index contributed by atoms with van der Waals surface area (Å²) in [7, 11) is 0. The van der Waals surface area contributed by atoms with Crippen molar-refractivity contribution in [3.8, 4) is 34.1 Å². The molecule has 0 spiro atoms. The Labute approximate surface area is 277 Å². The Morgan fingerprint density at radius 2 is 1.67 bits per heavy atom. The maximum Gasteiger partial charge on any atom is 0.253 e. The molecule has 10 nitrogen and oxygen atoms in total. The van der Waals surface area contributed by atoms with Crippen LogP contribution in [0, 0.1) is 0 Å². The second-order valence-corrected chi connectivity index (χ2v) is 12.4. The monoisotopic (exact) mass is 635 g/mol. The molecule has 3 aromatic carbocycles. The maximum atomic E-state index is 13.3. The highest BCUT2D eigenvalue weighted by molar-refractivity contribution is 5.96. The highest BCUT2D eigenvalue weighted by Crippen LogP contribution is 2.34. The van der Waals surface area contributed by atoms with Crippen LogP contribution in [0.3, 0.4) is 0 Å². The van der Waals surface area contributed by atoms with E-state index in [0.717, 1.165) is 53.1 Å². The number of pyridine rings is 2. The van der Waals surface area contributed by atoms with E-state index in [4.69, 9.17) is 15.7 Å². The number of piperazine rings is 1. The van der Waals surface area contributed by atoms with Gasteiger partial charge in [-0.1, -0.05) is 42.5 Å². The van der Waals surface area contributed by atoms with E-state index in [1.165, 1.54) is 17.7 Å². The molecule has 238 valence electrons. The van der Waals surface area contributed by atoms with Crippen molar-refractivity contribution >= 4 is 29.2 Å². The van der Waals surface area contributed by atoms with Crippen LogP contribution in [-0.2, 0) is 6.54 Å². The average molecular weight is 636 g/mol. The van der Waals surface area contributed by atoms with Gasteiger partial charge in [-0.3, -0.25) is 19.1 Å². The number of aromatic hydroxyl groups is 1. The van der Waals surface area contributed by atoms with E-state index in [1.807, 2.05) is 64.1 Å². The van der Waals surface area contributed by atoms with Crippen molar-refractivity contribution in [2.45, 2.75) is 31.5 Å². The molecule has 2 fully saturated rings. The van der Waals surface area contributed by atoms with Crippen LogP contribution in [0.5, 0.6) is 5.75 Å². The first-order valence-corrected chi connectivity index (χ1v) is 16.0. The zero-order valence-electron chi connectivity index (χ0n) is 26.1. The number of likely N-dealkylation sites (tertiary alicyclic amines) is 1. The number of carbonyl (C=O) groups excluding carboxylic acids is 2. The number of phenolic OH excluding ortho intramolecular Hbond substituents is 1. The third-order valence-electron chi connectivity index (χ3n) is 9.54. The van der Waals surface area contributed by atoms with E-state index >= 15 is 0 Å². The van der Waals surface area contributed by atoms with Gasteiger partial charge in [-0.25, -0.2) is 15.0 Å². The zero-order chi connectivity index (χ0) is 32.8. The smallest absolute Gasteiger partial charge is 0.253 e. The van der Waals surface area contributed by atoms with Gasteiger partial charge in [-0.15, -0.1) is 0 Å². The molecule has 2 unspecified atom stereocenters. The number of nitrogens with two attached hydrogens (primary N) is 1. The molecule has 10 heteroatoms. The van der Waals surface area contributed by atoms with Gasteiger partial charge in [-0.2, -0.15) is 0 Å². The van der Waals surface area contributed by atoms with Gasteiger partial charge in [0.15, 0.2) is 17.8 Å². The van der Waals surface area contributed by atoms with Crippen LogP contribution >= 0.6 is 0 Å². The Bertz CT molecular complexity index is 2150. The third kappa shape index (κ3) is 5.26. The molecule has 2 saturated heterocycles. The Balaban J connectivity index is 1.07. The Morgan fingerprint density at radius 3 is 2.40 bits per heavy atom. The lowest BCUT2D eigenvalue weighted by atomic mass is 10.1. The number of imidazole rings is 1. The van der Waals surface area contributed by atoms with Crippen molar-refractivity contribution in [3.05, 3.63) is 120 Å². The molecule has 3 aromatic heterocycles. The third-order valence-corrected chi connectivity index (χ3v) is 9.54. The number of aldehydes is 1. The Kier molecular flexibility index (Phi) is 7.41. The molecule has 0 aliphatic carbocycles. The second kappa shape index (κ2) is 12.1. The first-order chi connectivity index (χ1) is 23.5. The molecule has 0 radical (unpaired) electrons. The normalized spacial score (nSPS) is 17.5. The fraction of sp³-hybridized carbons (Fsp3) is 0.184. The van der Waals surface area contributed by atoms with Crippen molar-refractivity contribution in [2.75, 3.05) is 18.8 Å². The van der Waals surface area contributed by atoms with Gasteiger partial charge in [0.05, 0.1) is 16.8 Å². The van der Waals surface area contributed by atoms with Gasteiger partial charge < -0.3 is 15.7 Å². The standard InChI is InChI=1S/C38H33N7O3/c39-35-31(7-4-18-40-35)36-42-33-16-15-32(25-5-2-1-3-6-25)41-37(33)45(36)28-11-8-24(9-12-28)20-44-29-13-14-30(44)22-43(21-29)38(48)26-10-17-34(47)27(19-26)23-46/h1-12,15-19,23,29-30,47H,13-14,20-22H2,(H2,39,40). The molecular formula is C38H33N7O3. The average Bonchev–Trinajstić information content (AvgIpc) is 3.60. The molecule has 5 heterocycles. The molecule has 6 aromatic rings. The number of phenols is 1. The molecule has 8 rings (SSSR count). The minimum absolute atomic E-state index is 0.111. The van der Waals surface area contributed by atoms with Crippen LogP contribution < -0.4 is 5.73 Å². The van der Waals surface area contributed by atoms with E-state index in [0.29, 0.717) is 36.6 Å². The van der Waals surface area contributed by atoms with Gasteiger partial charge in [0.2, 0.25) is 0 Å². The molecule has 3 N–H and O–H groups in total. The Morgan fingerprint density at radius 1 is 0.896 bits per heavy atom. The van der Waals surface area contributed by atoms with Gasteiger partial charge in [0.1, 0.15) is 17.1 Å². The first-order valence-electron chi connectivity index (χ1n) is 16.0. The summed E-state index contributed by atoms with van der Waals surface area (Å²) >= 11 is 0. The number of aromatic nitrogens is 4. The summed E-state index contributed by atoms with van der Waals surface area (Å²) in [6.45, 7) is 2.02. The lowest BCUT2D eigenvalue weighted by Crippen LogP contribution is -2.54. The molecule has 0 saturated carbocycles. The Hall–Kier alpha value is -5.87. The largest absolute Gasteiger partial charge is 0.507 e. The van der Waals surface area contributed by atoms with E-state index in [1.54, 1.807) is 12.3 Å². The van der Waals surface area contributed by atoms with Gasteiger partial charge in [-0.05, 0) is 73.0 Å². The number of nitrogens with zero attached hydrogens (tertiary/aromatic N) is 6. The number of hydrogen-bond donors (Lipinski definition) is 2. The number of fused-ring (bicyclic) bond motifs is 3. The summed E-state index contributed by atoms with van der Waals surface area (Å²) in [5.74, 6) is 0.843. The predicted octanol–water partition coefficient (Wildman–Crippen LogP) is 5.74. The number of benzene rings is 3.